The SMILES string of the molecule is Cc1cccc(N2CCC(n3cncn3)CC2)c1[N+](=O)[O-]. The highest BCUT2D eigenvalue weighted by molar-refractivity contribution is 5.66. The van der Waals surface area contributed by atoms with Crippen molar-refractivity contribution in [3.8, 4) is 0 Å². The Balaban J connectivity index is 1.78. The Hall–Kier alpha value is -2.44. The lowest BCUT2D eigenvalue weighted by Gasteiger charge is -2.33. The molecular formula is C14H17N5O2. The number of nitro benzene ring substituents is 1. The van der Waals surface area contributed by atoms with Crippen LogP contribution >= 0.6 is 0 Å². The number of aryl methyl sites for hydroxylation is 1. The van der Waals surface area contributed by atoms with Crippen LogP contribution in [0.1, 0.15) is 24.4 Å². The summed E-state index contributed by atoms with van der Waals surface area (Å²) in [6, 6.07) is 5.82. The van der Waals surface area contributed by atoms with Crippen LogP contribution in [0.25, 0.3) is 0 Å². The van der Waals surface area contributed by atoms with Gasteiger partial charge >= 0.3 is 0 Å². The summed E-state index contributed by atoms with van der Waals surface area (Å²) in [4.78, 5) is 17.1. The lowest BCUT2D eigenvalue weighted by atomic mass is 10.0. The van der Waals surface area contributed by atoms with E-state index in [1.807, 2.05) is 16.8 Å². The van der Waals surface area contributed by atoms with E-state index in [2.05, 4.69) is 15.0 Å². The first-order chi connectivity index (χ1) is 10.2. The van der Waals surface area contributed by atoms with Crippen LogP contribution in [0, 0.1) is 17.0 Å². The van der Waals surface area contributed by atoms with Gasteiger partial charge in [0.25, 0.3) is 5.69 Å². The van der Waals surface area contributed by atoms with E-state index in [1.54, 1.807) is 19.3 Å². The van der Waals surface area contributed by atoms with Crippen molar-refractivity contribution in [2.24, 2.45) is 0 Å². The highest BCUT2D eigenvalue weighted by atomic mass is 16.6. The molecule has 7 heteroatoms. The van der Waals surface area contributed by atoms with E-state index >= 15 is 0 Å². The minimum atomic E-state index is -0.284. The molecule has 2 aromatic rings. The normalized spacial score (nSPS) is 16.1. The first kappa shape index (κ1) is 13.5. The number of anilines is 1. The van der Waals surface area contributed by atoms with Crippen molar-refractivity contribution in [2.75, 3.05) is 18.0 Å². The van der Waals surface area contributed by atoms with Crippen LogP contribution in [0.2, 0.25) is 0 Å². The lowest BCUT2D eigenvalue weighted by Crippen LogP contribution is -2.35. The van der Waals surface area contributed by atoms with Crippen molar-refractivity contribution in [2.45, 2.75) is 25.8 Å². The maximum atomic E-state index is 11.3. The summed E-state index contributed by atoms with van der Waals surface area (Å²) in [5.74, 6) is 0. The maximum Gasteiger partial charge on any atom is 0.295 e. The number of piperidine rings is 1. The third-order valence-corrected chi connectivity index (χ3v) is 4.01. The van der Waals surface area contributed by atoms with Crippen LogP contribution in [0.4, 0.5) is 11.4 Å². The lowest BCUT2D eigenvalue weighted by molar-refractivity contribution is -0.384. The largest absolute Gasteiger partial charge is 0.366 e. The van der Waals surface area contributed by atoms with Gasteiger partial charge < -0.3 is 4.90 Å². The van der Waals surface area contributed by atoms with Crippen LogP contribution in [0.15, 0.2) is 30.9 Å². The number of rotatable bonds is 3. The van der Waals surface area contributed by atoms with Gasteiger partial charge in [-0.15, -0.1) is 0 Å². The number of hydrogen-bond acceptors (Lipinski definition) is 5. The van der Waals surface area contributed by atoms with E-state index in [4.69, 9.17) is 0 Å². The van der Waals surface area contributed by atoms with Gasteiger partial charge in [0.2, 0.25) is 0 Å². The summed E-state index contributed by atoms with van der Waals surface area (Å²) in [5.41, 5.74) is 1.64. The first-order valence-corrected chi connectivity index (χ1v) is 7.00. The van der Waals surface area contributed by atoms with Gasteiger partial charge in [-0.05, 0) is 25.8 Å². The van der Waals surface area contributed by atoms with E-state index in [1.165, 1.54) is 6.33 Å². The fraction of sp³-hybridized carbons (Fsp3) is 0.429. The maximum absolute atomic E-state index is 11.3. The standard InChI is InChI=1S/C14H17N5O2/c1-11-3-2-4-13(14(11)19(20)21)17-7-5-12(6-8-17)18-10-15-9-16-18/h2-4,9-10,12H,5-8H2,1H3. The molecule has 0 amide bonds. The minimum absolute atomic E-state index is 0.219. The van der Waals surface area contributed by atoms with Gasteiger partial charge in [-0.1, -0.05) is 12.1 Å². The average Bonchev–Trinajstić information content (AvgIpc) is 3.01. The number of hydrogen-bond donors (Lipinski definition) is 0. The van der Waals surface area contributed by atoms with Gasteiger partial charge in [0.15, 0.2) is 0 Å². The quantitative estimate of drug-likeness (QED) is 0.639. The van der Waals surface area contributed by atoms with E-state index in [9.17, 15) is 10.1 Å². The zero-order valence-corrected chi connectivity index (χ0v) is 11.8. The molecular weight excluding hydrogens is 270 g/mol. The molecule has 1 saturated heterocycles. The topological polar surface area (TPSA) is 77.1 Å². The summed E-state index contributed by atoms with van der Waals surface area (Å²) in [6.07, 6.45) is 5.09. The van der Waals surface area contributed by atoms with Crippen molar-refractivity contribution in [1.29, 1.82) is 0 Å². The van der Waals surface area contributed by atoms with Gasteiger partial charge in [-0.25, -0.2) is 9.67 Å². The molecule has 110 valence electrons. The summed E-state index contributed by atoms with van der Waals surface area (Å²) in [5, 5.41) is 15.5. The zero-order valence-electron chi connectivity index (χ0n) is 11.8. The second-order valence-corrected chi connectivity index (χ2v) is 5.29. The molecule has 0 spiro atoms. The Morgan fingerprint density at radius 1 is 1.33 bits per heavy atom. The third-order valence-electron chi connectivity index (χ3n) is 4.01. The van der Waals surface area contributed by atoms with Crippen LogP contribution in [0.3, 0.4) is 0 Å². The molecule has 0 radical (unpaired) electrons. The van der Waals surface area contributed by atoms with Crippen LogP contribution < -0.4 is 4.90 Å². The molecule has 1 fully saturated rings. The highest BCUT2D eigenvalue weighted by Crippen LogP contribution is 2.34. The predicted molar refractivity (Wildman–Crippen MR) is 78.3 cm³/mol. The second kappa shape index (κ2) is 5.51. The number of nitrogens with zero attached hydrogens (tertiary/aromatic N) is 5. The molecule has 0 unspecified atom stereocenters. The number of para-hydroxylation sites is 1. The Morgan fingerprint density at radius 2 is 2.10 bits per heavy atom. The summed E-state index contributed by atoms with van der Waals surface area (Å²) in [6.45, 7) is 3.35. The monoisotopic (exact) mass is 287 g/mol. The molecule has 1 aromatic heterocycles. The average molecular weight is 287 g/mol. The van der Waals surface area contributed by atoms with Gasteiger partial charge in [-0.2, -0.15) is 5.10 Å². The first-order valence-electron chi connectivity index (χ1n) is 7.00. The Labute approximate surface area is 122 Å². The third kappa shape index (κ3) is 2.58. The van der Waals surface area contributed by atoms with Gasteiger partial charge in [0.1, 0.15) is 18.3 Å². The molecule has 0 atom stereocenters. The summed E-state index contributed by atoms with van der Waals surface area (Å²) >= 11 is 0. The van der Waals surface area contributed by atoms with Crippen LogP contribution in [-0.4, -0.2) is 32.8 Å². The summed E-state index contributed by atoms with van der Waals surface area (Å²) < 4.78 is 1.88. The Kier molecular flexibility index (Phi) is 3.55. The number of benzene rings is 1. The van der Waals surface area contributed by atoms with Gasteiger partial charge in [0.05, 0.1) is 11.0 Å². The fourth-order valence-electron chi connectivity index (χ4n) is 2.91. The predicted octanol–water partition coefficient (Wildman–Crippen LogP) is 2.34. The van der Waals surface area contributed by atoms with E-state index in [0.29, 0.717) is 11.6 Å². The van der Waals surface area contributed by atoms with Crippen molar-refractivity contribution in [1.82, 2.24) is 14.8 Å². The second-order valence-electron chi connectivity index (χ2n) is 5.29. The molecule has 0 bridgehead atoms. The molecule has 0 N–H and O–H groups in total. The molecule has 1 aliphatic rings. The zero-order chi connectivity index (χ0) is 14.8. The Bertz CT molecular complexity index is 633. The number of aromatic nitrogens is 3. The summed E-state index contributed by atoms with van der Waals surface area (Å²) in [7, 11) is 0. The smallest absolute Gasteiger partial charge is 0.295 e. The van der Waals surface area contributed by atoms with E-state index in [0.717, 1.165) is 31.6 Å². The molecule has 1 aromatic carbocycles. The molecule has 21 heavy (non-hydrogen) atoms. The van der Waals surface area contributed by atoms with E-state index < -0.39 is 0 Å². The molecule has 1 aliphatic heterocycles. The van der Waals surface area contributed by atoms with Gasteiger partial charge in [0, 0.05) is 18.7 Å². The van der Waals surface area contributed by atoms with Crippen LogP contribution in [0.5, 0.6) is 0 Å². The van der Waals surface area contributed by atoms with Crippen molar-refractivity contribution in [3.63, 3.8) is 0 Å². The molecule has 2 heterocycles. The molecule has 0 saturated carbocycles. The molecule has 3 rings (SSSR count). The molecule has 0 aliphatic carbocycles. The Morgan fingerprint density at radius 3 is 2.71 bits per heavy atom. The van der Waals surface area contributed by atoms with Crippen molar-refractivity contribution < 1.29 is 4.92 Å². The number of nitro groups is 1. The fourth-order valence-corrected chi connectivity index (χ4v) is 2.91. The van der Waals surface area contributed by atoms with Crippen molar-refractivity contribution in [3.05, 3.63) is 46.5 Å². The van der Waals surface area contributed by atoms with Gasteiger partial charge in [-0.3, -0.25) is 10.1 Å². The van der Waals surface area contributed by atoms with Crippen LogP contribution in [-0.2, 0) is 0 Å². The molecule has 7 nitrogen and oxygen atoms in total. The van der Waals surface area contributed by atoms with Crippen molar-refractivity contribution >= 4 is 11.4 Å². The van der Waals surface area contributed by atoms with E-state index in [-0.39, 0.29) is 10.6 Å². The minimum Gasteiger partial charge on any atom is -0.366 e. The highest BCUT2D eigenvalue weighted by Gasteiger charge is 2.26.